The zero-order chi connectivity index (χ0) is 27.6. The zero-order valence-electron chi connectivity index (χ0n) is 24.8. The average molecular weight is 544 g/mol. The van der Waals surface area contributed by atoms with Crippen LogP contribution in [-0.4, -0.2) is 54.5 Å². The number of hydrogen-bond donors (Lipinski definition) is 4. The summed E-state index contributed by atoms with van der Waals surface area (Å²) in [7, 11) is 0. The van der Waals surface area contributed by atoms with Gasteiger partial charge in [-0.15, -0.1) is 0 Å². The van der Waals surface area contributed by atoms with Gasteiger partial charge in [-0.1, -0.05) is 27.7 Å². The first-order valence-corrected chi connectivity index (χ1v) is 16.2. The Bertz CT molecular complexity index is 950. The van der Waals surface area contributed by atoms with E-state index in [2.05, 4.69) is 43.6 Å². The zero-order valence-corrected chi connectivity index (χ0v) is 24.8. The summed E-state index contributed by atoms with van der Waals surface area (Å²) in [6.45, 7) is 11.3. The molecule has 4 N–H and O–H groups in total. The SMILES string of the molecule is C[C@@H]1CC[C@@]2(NC1)O[C@H]1C[C@H]3[C@@H]4CC[C@@H]5C[C@H](NC(=O)CC(=O)NCCO)CC[C@]5(C)[C@H]4CC[C@]3(C)[C@H]1[C@@H]2C. The van der Waals surface area contributed by atoms with E-state index >= 15 is 0 Å². The fraction of sp³-hybridized carbons (Fsp3) is 0.938. The van der Waals surface area contributed by atoms with Gasteiger partial charge in [0, 0.05) is 25.0 Å². The maximum atomic E-state index is 12.5. The highest BCUT2D eigenvalue weighted by atomic mass is 16.5. The molecule has 1 spiro atoms. The van der Waals surface area contributed by atoms with Gasteiger partial charge in [0.15, 0.2) is 0 Å². The highest BCUT2D eigenvalue weighted by Crippen LogP contribution is 2.71. The summed E-state index contributed by atoms with van der Waals surface area (Å²) in [5.41, 5.74) is 0.666. The van der Waals surface area contributed by atoms with Crippen molar-refractivity contribution >= 4 is 11.8 Å². The van der Waals surface area contributed by atoms with Gasteiger partial charge in [-0.25, -0.2) is 0 Å². The summed E-state index contributed by atoms with van der Waals surface area (Å²) >= 11 is 0. The Hall–Kier alpha value is -1.18. The quantitative estimate of drug-likeness (QED) is 0.393. The standard InChI is InChI=1S/C32H53N3O4/c1-19-7-12-32(34-18-19)20(2)29-26(39-32)16-25-23-6-5-21-15-22(35-28(38)17-27(37)33-13-14-36)8-10-30(21,3)24(23)9-11-31(25,29)4/h19-26,29,34,36H,5-18H2,1-4H3,(H,33,37)(H,35,38)/t19-,20+,21-,22-,23-,24+,25+,26+,29+,30+,31+,32-/m1/s1. The molecule has 6 aliphatic rings. The van der Waals surface area contributed by atoms with Crippen molar-refractivity contribution in [2.75, 3.05) is 19.7 Å². The smallest absolute Gasteiger partial charge is 0.229 e. The van der Waals surface area contributed by atoms with Crippen LogP contribution in [0.3, 0.4) is 0 Å². The van der Waals surface area contributed by atoms with Gasteiger partial charge in [-0.3, -0.25) is 14.9 Å². The number of amides is 2. The number of aliphatic hydroxyl groups excluding tert-OH is 1. The fourth-order valence-corrected chi connectivity index (χ4v) is 11.3. The van der Waals surface area contributed by atoms with Crippen LogP contribution in [0.2, 0.25) is 0 Å². The predicted molar refractivity (Wildman–Crippen MR) is 150 cm³/mol. The van der Waals surface area contributed by atoms with Crippen LogP contribution in [0.5, 0.6) is 0 Å². The number of carbonyl (C=O) groups excluding carboxylic acids is 2. The topological polar surface area (TPSA) is 99.7 Å². The molecule has 2 aliphatic heterocycles. The lowest BCUT2D eigenvalue weighted by Crippen LogP contribution is -2.58. The van der Waals surface area contributed by atoms with Crippen molar-refractivity contribution in [2.24, 2.45) is 52.3 Å². The van der Waals surface area contributed by atoms with E-state index in [0.29, 0.717) is 34.7 Å². The van der Waals surface area contributed by atoms with Gasteiger partial charge in [-0.05, 0) is 111 Å². The third-order valence-corrected chi connectivity index (χ3v) is 13.3. The van der Waals surface area contributed by atoms with E-state index in [9.17, 15) is 9.59 Å². The molecule has 4 saturated carbocycles. The van der Waals surface area contributed by atoms with Crippen LogP contribution in [0.1, 0.15) is 98.3 Å². The lowest BCUT2D eigenvalue weighted by Gasteiger charge is -2.61. The van der Waals surface area contributed by atoms with Crippen molar-refractivity contribution in [3.05, 3.63) is 0 Å². The number of piperidine rings is 1. The third-order valence-electron chi connectivity index (χ3n) is 13.3. The molecule has 39 heavy (non-hydrogen) atoms. The molecule has 2 heterocycles. The van der Waals surface area contributed by atoms with E-state index in [1.165, 1.54) is 51.4 Å². The first-order valence-electron chi connectivity index (χ1n) is 16.2. The largest absolute Gasteiger partial charge is 0.395 e. The Morgan fingerprint density at radius 1 is 0.949 bits per heavy atom. The highest BCUT2D eigenvalue weighted by Gasteiger charge is 2.68. The lowest BCUT2D eigenvalue weighted by atomic mass is 9.44. The van der Waals surface area contributed by atoms with E-state index in [1.807, 2.05) is 0 Å². The number of carbonyl (C=O) groups is 2. The molecule has 4 aliphatic carbocycles. The predicted octanol–water partition coefficient (Wildman–Crippen LogP) is 3.99. The number of aliphatic hydroxyl groups is 1. The van der Waals surface area contributed by atoms with Crippen molar-refractivity contribution < 1.29 is 19.4 Å². The maximum absolute atomic E-state index is 12.5. The molecule has 7 heteroatoms. The molecular formula is C32H53N3O4. The molecule has 0 aromatic heterocycles. The van der Waals surface area contributed by atoms with E-state index in [0.717, 1.165) is 43.1 Å². The van der Waals surface area contributed by atoms with Crippen LogP contribution in [0.25, 0.3) is 0 Å². The van der Waals surface area contributed by atoms with Gasteiger partial charge >= 0.3 is 0 Å². The number of ether oxygens (including phenoxy) is 1. The Kier molecular flexibility index (Phi) is 7.36. The van der Waals surface area contributed by atoms with Gasteiger partial charge in [0.2, 0.25) is 11.8 Å². The first-order chi connectivity index (χ1) is 18.6. The Morgan fingerprint density at radius 2 is 1.74 bits per heavy atom. The molecule has 7 nitrogen and oxygen atoms in total. The molecule has 0 radical (unpaired) electrons. The van der Waals surface area contributed by atoms with Crippen molar-refractivity contribution in [1.82, 2.24) is 16.0 Å². The normalized spacial score (nSPS) is 50.4. The van der Waals surface area contributed by atoms with Crippen molar-refractivity contribution in [3.63, 3.8) is 0 Å². The molecule has 12 atom stereocenters. The molecular weight excluding hydrogens is 490 g/mol. The molecule has 0 unspecified atom stereocenters. The molecule has 2 amide bonds. The minimum atomic E-state index is -0.313. The summed E-state index contributed by atoms with van der Waals surface area (Å²) in [6.07, 6.45) is 12.5. The van der Waals surface area contributed by atoms with Crippen LogP contribution in [0.4, 0.5) is 0 Å². The van der Waals surface area contributed by atoms with E-state index in [-0.39, 0.29) is 43.2 Å². The summed E-state index contributed by atoms with van der Waals surface area (Å²) < 4.78 is 7.05. The lowest BCUT2D eigenvalue weighted by molar-refractivity contribution is -0.137. The van der Waals surface area contributed by atoms with Gasteiger partial charge in [0.1, 0.15) is 12.1 Å². The molecule has 6 fully saturated rings. The van der Waals surface area contributed by atoms with Crippen LogP contribution < -0.4 is 16.0 Å². The van der Waals surface area contributed by atoms with E-state index < -0.39 is 0 Å². The molecule has 220 valence electrons. The molecule has 0 aromatic carbocycles. The summed E-state index contributed by atoms with van der Waals surface area (Å²) in [5, 5.41) is 18.5. The Labute approximate surface area is 235 Å². The second-order valence-corrected chi connectivity index (χ2v) is 15.1. The number of fused-ring (bicyclic) bond motifs is 7. The number of nitrogens with one attached hydrogen (secondary N) is 3. The van der Waals surface area contributed by atoms with Crippen LogP contribution in [-0.2, 0) is 14.3 Å². The molecule has 6 rings (SSSR count). The maximum Gasteiger partial charge on any atom is 0.229 e. The van der Waals surface area contributed by atoms with Crippen molar-refractivity contribution in [1.29, 1.82) is 0 Å². The highest BCUT2D eigenvalue weighted by molar-refractivity contribution is 5.96. The summed E-state index contributed by atoms with van der Waals surface area (Å²) in [4.78, 5) is 24.4. The molecule has 2 saturated heterocycles. The number of rotatable bonds is 5. The molecule has 0 aromatic rings. The monoisotopic (exact) mass is 543 g/mol. The fourth-order valence-electron chi connectivity index (χ4n) is 11.3. The Morgan fingerprint density at radius 3 is 2.49 bits per heavy atom. The van der Waals surface area contributed by atoms with E-state index in [1.54, 1.807) is 0 Å². The summed E-state index contributed by atoms with van der Waals surface area (Å²) in [5.74, 6) is 4.53. The minimum Gasteiger partial charge on any atom is -0.395 e. The second-order valence-electron chi connectivity index (χ2n) is 15.1. The van der Waals surface area contributed by atoms with Crippen molar-refractivity contribution in [2.45, 2.75) is 116 Å². The van der Waals surface area contributed by atoms with Gasteiger partial charge in [0.25, 0.3) is 0 Å². The first kappa shape index (κ1) is 28.0. The summed E-state index contributed by atoms with van der Waals surface area (Å²) in [6, 6.07) is 0.175. The van der Waals surface area contributed by atoms with Crippen molar-refractivity contribution in [3.8, 4) is 0 Å². The number of hydrogen-bond acceptors (Lipinski definition) is 5. The second kappa shape index (κ2) is 10.3. The Balaban J connectivity index is 1.10. The third kappa shape index (κ3) is 4.57. The van der Waals surface area contributed by atoms with Gasteiger partial charge in [-0.2, -0.15) is 0 Å². The van der Waals surface area contributed by atoms with Gasteiger partial charge < -0.3 is 20.5 Å². The van der Waals surface area contributed by atoms with E-state index in [4.69, 9.17) is 9.84 Å². The van der Waals surface area contributed by atoms with Crippen LogP contribution in [0.15, 0.2) is 0 Å². The van der Waals surface area contributed by atoms with Crippen LogP contribution in [0, 0.1) is 52.3 Å². The average Bonchev–Trinajstić information content (AvgIpc) is 3.34. The van der Waals surface area contributed by atoms with Gasteiger partial charge in [0.05, 0.1) is 12.7 Å². The minimum absolute atomic E-state index is 0.0847. The molecule has 0 bridgehead atoms. The van der Waals surface area contributed by atoms with Crippen LogP contribution >= 0.6 is 0 Å².